The summed E-state index contributed by atoms with van der Waals surface area (Å²) < 4.78 is 0. The molecular weight excluding hydrogens is 274 g/mol. The number of nitrogens with zero attached hydrogens (tertiary/aromatic N) is 1. The fourth-order valence-electron chi connectivity index (χ4n) is 1.62. The number of aromatic amines is 1. The zero-order valence-corrected chi connectivity index (χ0v) is 11.9. The van der Waals surface area contributed by atoms with Crippen LogP contribution in [-0.2, 0) is 17.0 Å². The van der Waals surface area contributed by atoms with E-state index in [0.717, 1.165) is 5.56 Å². The van der Waals surface area contributed by atoms with Gasteiger partial charge in [-0.15, -0.1) is 0 Å². The highest BCUT2D eigenvalue weighted by atomic mass is 32.2. The molecule has 0 saturated carbocycles. The summed E-state index contributed by atoms with van der Waals surface area (Å²) in [5.41, 5.74) is 1.38. The van der Waals surface area contributed by atoms with Gasteiger partial charge in [-0.3, -0.25) is 9.59 Å². The number of thioether (sulfide) groups is 1. The minimum atomic E-state index is -0.241. The van der Waals surface area contributed by atoms with Crippen LogP contribution in [0.25, 0.3) is 0 Å². The Balaban J connectivity index is 2.08. The number of rotatable bonds is 5. The van der Waals surface area contributed by atoms with Crippen molar-refractivity contribution in [2.75, 3.05) is 7.05 Å². The van der Waals surface area contributed by atoms with Gasteiger partial charge in [0, 0.05) is 18.9 Å². The van der Waals surface area contributed by atoms with Crippen molar-refractivity contribution in [3.63, 3.8) is 0 Å². The van der Waals surface area contributed by atoms with E-state index in [-0.39, 0.29) is 17.9 Å². The fourth-order valence-corrected chi connectivity index (χ4v) is 2.47. The molecule has 0 aliphatic carbocycles. The average molecular weight is 289 g/mol. The van der Waals surface area contributed by atoms with Crippen molar-refractivity contribution in [1.82, 2.24) is 15.3 Å². The highest BCUT2D eigenvalue weighted by Gasteiger charge is 2.06. The number of aromatic nitrogens is 2. The van der Waals surface area contributed by atoms with Crippen molar-refractivity contribution in [2.45, 2.75) is 17.3 Å². The molecule has 1 aromatic heterocycles. The standard InChI is InChI=1S/C14H15N3O2S/c1-15-12(18)7-11-8-13(19)17-14(16-11)20-9-10-5-3-2-4-6-10/h2-6,8H,7,9H2,1H3,(H,15,18)(H,16,17,19). The van der Waals surface area contributed by atoms with Gasteiger partial charge in [0.25, 0.3) is 5.56 Å². The molecule has 1 amide bonds. The minimum absolute atomic E-state index is 0.110. The Morgan fingerprint density at radius 1 is 1.35 bits per heavy atom. The van der Waals surface area contributed by atoms with Crippen LogP contribution in [0.4, 0.5) is 0 Å². The molecule has 0 unspecified atom stereocenters. The second-order valence-electron chi connectivity index (χ2n) is 4.17. The predicted molar refractivity (Wildman–Crippen MR) is 78.6 cm³/mol. The van der Waals surface area contributed by atoms with Gasteiger partial charge in [-0.2, -0.15) is 0 Å². The summed E-state index contributed by atoms with van der Waals surface area (Å²) in [4.78, 5) is 29.8. The molecule has 20 heavy (non-hydrogen) atoms. The minimum Gasteiger partial charge on any atom is -0.359 e. The molecule has 6 heteroatoms. The zero-order chi connectivity index (χ0) is 14.4. The molecule has 0 bridgehead atoms. The van der Waals surface area contributed by atoms with Gasteiger partial charge in [-0.25, -0.2) is 4.98 Å². The molecule has 0 radical (unpaired) electrons. The molecular formula is C14H15N3O2S. The summed E-state index contributed by atoms with van der Waals surface area (Å²) in [5, 5.41) is 3.04. The van der Waals surface area contributed by atoms with Gasteiger partial charge in [0.15, 0.2) is 5.16 Å². The van der Waals surface area contributed by atoms with E-state index in [9.17, 15) is 9.59 Å². The highest BCUT2D eigenvalue weighted by Crippen LogP contribution is 2.18. The first kappa shape index (κ1) is 14.3. The van der Waals surface area contributed by atoms with Crippen molar-refractivity contribution in [3.8, 4) is 0 Å². The number of nitrogens with one attached hydrogen (secondary N) is 2. The molecule has 104 valence electrons. The molecule has 0 fully saturated rings. The smallest absolute Gasteiger partial charge is 0.251 e. The predicted octanol–water partition coefficient (Wildman–Crippen LogP) is 1.35. The molecule has 0 spiro atoms. The van der Waals surface area contributed by atoms with Crippen molar-refractivity contribution in [2.24, 2.45) is 0 Å². The molecule has 0 atom stereocenters. The first-order valence-corrected chi connectivity index (χ1v) is 7.13. The van der Waals surface area contributed by atoms with E-state index >= 15 is 0 Å². The third-order valence-corrected chi connectivity index (χ3v) is 3.56. The van der Waals surface area contributed by atoms with Gasteiger partial charge in [-0.05, 0) is 5.56 Å². The molecule has 1 heterocycles. The number of likely N-dealkylation sites (N-methyl/N-ethyl adjacent to an activating group) is 1. The third kappa shape index (κ3) is 4.24. The van der Waals surface area contributed by atoms with Crippen LogP contribution in [0.3, 0.4) is 0 Å². The van der Waals surface area contributed by atoms with Crippen LogP contribution < -0.4 is 10.9 Å². The lowest BCUT2D eigenvalue weighted by molar-refractivity contribution is -0.120. The summed E-state index contributed by atoms with van der Waals surface area (Å²) in [7, 11) is 1.56. The number of benzene rings is 1. The first-order chi connectivity index (χ1) is 9.67. The highest BCUT2D eigenvalue weighted by molar-refractivity contribution is 7.98. The van der Waals surface area contributed by atoms with E-state index in [1.54, 1.807) is 7.05 Å². The monoisotopic (exact) mass is 289 g/mol. The van der Waals surface area contributed by atoms with Gasteiger partial charge in [-0.1, -0.05) is 42.1 Å². The summed E-state index contributed by atoms with van der Waals surface area (Å²) in [6.07, 6.45) is 0.110. The third-order valence-electron chi connectivity index (χ3n) is 2.61. The Hall–Kier alpha value is -2.08. The van der Waals surface area contributed by atoms with Crippen molar-refractivity contribution >= 4 is 17.7 Å². The number of hydrogen-bond donors (Lipinski definition) is 2. The topological polar surface area (TPSA) is 74.8 Å². The van der Waals surface area contributed by atoms with Crippen LogP contribution in [-0.4, -0.2) is 22.9 Å². The van der Waals surface area contributed by atoms with Crippen molar-refractivity contribution in [1.29, 1.82) is 0 Å². The molecule has 0 aliphatic rings. The van der Waals surface area contributed by atoms with Gasteiger partial charge in [0.1, 0.15) is 0 Å². The van der Waals surface area contributed by atoms with Crippen molar-refractivity contribution in [3.05, 3.63) is 58.0 Å². The van der Waals surface area contributed by atoms with Crippen LogP contribution in [0.5, 0.6) is 0 Å². The Kier molecular flexibility index (Phi) is 4.95. The SMILES string of the molecule is CNC(=O)Cc1cc(=O)[nH]c(SCc2ccccc2)n1. The first-order valence-electron chi connectivity index (χ1n) is 6.15. The maximum Gasteiger partial charge on any atom is 0.251 e. The normalized spacial score (nSPS) is 10.2. The van der Waals surface area contributed by atoms with Gasteiger partial charge < -0.3 is 10.3 Å². The van der Waals surface area contributed by atoms with E-state index in [2.05, 4.69) is 15.3 Å². The number of carbonyl (C=O) groups is 1. The number of carbonyl (C=O) groups excluding carboxylic acids is 1. The lowest BCUT2D eigenvalue weighted by atomic mass is 10.2. The second-order valence-corrected chi connectivity index (χ2v) is 5.13. The Morgan fingerprint density at radius 3 is 2.80 bits per heavy atom. The molecule has 0 aliphatic heterocycles. The quantitative estimate of drug-likeness (QED) is 0.643. The largest absolute Gasteiger partial charge is 0.359 e. The lowest BCUT2D eigenvalue weighted by Gasteiger charge is -2.04. The molecule has 5 nitrogen and oxygen atoms in total. The summed E-state index contributed by atoms with van der Waals surface area (Å²) >= 11 is 1.44. The maximum atomic E-state index is 11.6. The van der Waals surface area contributed by atoms with E-state index in [4.69, 9.17) is 0 Å². The van der Waals surface area contributed by atoms with Gasteiger partial charge in [0.2, 0.25) is 5.91 Å². The van der Waals surface area contributed by atoms with E-state index in [1.165, 1.54) is 17.8 Å². The van der Waals surface area contributed by atoms with Crippen LogP contribution in [0.1, 0.15) is 11.3 Å². The number of hydrogen-bond acceptors (Lipinski definition) is 4. The summed E-state index contributed by atoms with van der Waals surface area (Å²) in [6.45, 7) is 0. The van der Waals surface area contributed by atoms with E-state index < -0.39 is 0 Å². The number of amides is 1. The van der Waals surface area contributed by atoms with Crippen LogP contribution in [0.15, 0.2) is 46.3 Å². The van der Waals surface area contributed by atoms with Gasteiger partial charge in [0.05, 0.1) is 12.1 Å². The Labute approximate surface area is 120 Å². The van der Waals surface area contributed by atoms with E-state index in [1.807, 2.05) is 30.3 Å². The van der Waals surface area contributed by atoms with Crippen LogP contribution >= 0.6 is 11.8 Å². The summed E-state index contributed by atoms with van der Waals surface area (Å²) in [6, 6.07) is 11.3. The average Bonchev–Trinajstić information content (AvgIpc) is 2.45. The Bertz CT molecular complexity index is 640. The number of H-pyrrole nitrogens is 1. The van der Waals surface area contributed by atoms with Gasteiger partial charge >= 0.3 is 0 Å². The molecule has 1 aromatic carbocycles. The summed E-state index contributed by atoms with van der Waals surface area (Å²) in [5.74, 6) is 0.551. The van der Waals surface area contributed by atoms with Crippen LogP contribution in [0, 0.1) is 0 Å². The molecule has 2 N–H and O–H groups in total. The molecule has 2 rings (SSSR count). The molecule has 2 aromatic rings. The Morgan fingerprint density at radius 2 is 2.10 bits per heavy atom. The fraction of sp³-hybridized carbons (Fsp3) is 0.214. The molecule has 0 saturated heterocycles. The van der Waals surface area contributed by atoms with E-state index in [0.29, 0.717) is 16.6 Å². The second kappa shape index (κ2) is 6.91. The van der Waals surface area contributed by atoms with Crippen LogP contribution in [0.2, 0.25) is 0 Å². The lowest BCUT2D eigenvalue weighted by Crippen LogP contribution is -2.22. The zero-order valence-electron chi connectivity index (χ0n) is 11.1. The van der Waals surface area contributed by atoms with Crippen molar-refractivity contribution < 1.29 is 4.79 Å². The maximum absolute atomic E-state index is 11.6.